The number of hydrogen-bond acceptors (Lipinski definition) is 4. The molecule has 0 spiro atoms. The molecular weight excluding hydrogens is 158 g/mol. The van der Waals surface area contributed by atoms with Gasteiger partial charge >= 0.3 is 0 Å². The lowest BCUT2D eigenvalue weighted by Gasteiger charge is -2.37. The lowest BCUT2D eigenvalue weighted by Crippen LogP contribution is -2.47. The fraction of sp³-hybridized carbons (Fsp3) is 1.00. The van der Waals surface area contributed by atoms with Gasteiger partial charge in [-0.3, -0.25) is 4.84 Å². The maximum Gasteiger partial charge on any atom is 0.0915 e. The Kier molecular flexibility index (Phi) is 3.94. The summed E-state index contributed by atoms with van der Waals surface area (Å²) in [5.74, 6) is 0. The highest BCUT2D eigenvalue weighted by atomic mass is 16.7. The first-order chi connectivity index (χ1) is 5.77. The largest absolute Gasteiger partial charge is 0.382 e. The van der Waals surface area contributed by atoms with Crippen molar-refractivity contribution < 1.29 is 14.3 Å². The predicted octanol–water partition coefficient (Wildman–Crippen LogP) is 0.190. The fourth-order valence-electron chi connectivity index (χ4n) is 0.975. The molecule has 0 aromatic carbocycles. The number of ether oxygens (including phenoxy) is 2. The van der Waals surface area contributed by atoms with Crippen LogP contribution in [0.1, 0.15) is 6.92 Å². The van der Waals surface area contributed by atoms with Gasteiger partial charge < -0.3 is 9.47 Å². The van der Waals surface area contributed by atoms with Crippen LogP contribution in [-0.4, -0.2) is 40.1 Å². The second-order valence-electron chi connectivity index (χ2n) is 3.47. The SMILES string of the molecule is COCCONCC1(C)COC1. The van der Waals surface area contributed by atoms with E-state index in [2.05, 4.69) is 12.4 Å². The van der Waals surface area contributed by atoms with Crippen molar-refractivity contribution in [2.45, 2.75) is 6.92 Å². The molecule has 1 heterocycles. The normalized spacial score (nSPS) is 20.5. The van der Waals surface area contributed by atoms with Gasteiger partial charge in [0.2, 0.25) is 0 Å². The maximum absolute atomic E-state index is 5.12. The van der Waals surface area contributed by atoms with Gasteiger partial charge in [-0.05, 0) is 0 Å². The van der Waals surface area contributed by atoms with Crippen molar-refractivity contribution in [3.05, 3.63) is 0 Å². The molecule has 0 bridgehead atoms. The van der Waals surface area contributed by atoms with Gasteiger partial charge in [0.15, 0.2) is 0 Å². The third-order valence-electron chi connectivity index (χ3n) is 1.89. The molecule has 0 aliphatic carbocycles. The monoisotopic (exact) mass is 175 g/mol. The van der Waals surface area contributed by atoms with Crippen LogP contribution >= 0.6 is 0 Å². The molecule has 1 aliphatic rings. The van der Waals surface area contributed by atoms with Gasteiger partial charge in [0.05, 0.1) is 26.4 Å². The molecule has 0 unspecified atom stereocenters. The average molecular weight is 175 g/mol. The number of hydrogen-bond donors (Lipinski definition) is 1. The van der Waals surface area contributed by atoms with Crippen molar-refractivity contribution in [1.82, 2.24) is 5.48 Å². The van der Waals surface area contributed by atoms with Crippen LogP contribution in [0.15, 0.2) is 0 Å². The summed E-state index contributed by atoms with van der Waals surface area (Å²) in [6, 6.07) is 0. The van der Waals surface area contributed by atoms with E-state index in [1.165, 1.54) is 0 Å². The molecule has 72 valence electrons. The standard InChI is InChI=1S/C8H17NO3/c1-8(6-11-7-8)5-9-12-4-3-10-2/h9H,3-7H2,1-2H3. The van der Waals surface area contributed by atoms with E-state index < -0.39 is 0 Å². The van der Waals surface area contributed by atoms with Crippen molar-refractivity contribution in [3.63, 3.8) is 0 Å². The van der Waals surface area contributed by atoms with Crippen LogP contribution in [-0.2, 0) is 14.3 Å². The van der Waals surface area contributed by atoms with Gasteiger partial charge in [0.1, 0.15) is 0 Å². The van der Waals surface area contributed by atoms with Gasteiger partial charge in [0.25, 0.3) is 0 Å². The average Bonchev–Trinajstić information content (AvgIpc) is 2.01. The zero-order valence-electron chi connectivity index (χ0n) is 7.76. The third-order valence-corrected chi connectivity index (χ3v) is 1.89. The summed E-state index contributed by atoms with van der Waals surface area (Å²) in [6.45, 7) is 5.88. The Morgan fingerprint density at radius 3 is 2.67 bits per heavy atom. The zero-order valence-corrected chi connectivity index (χ0v) is 7.76. The molecular formula is C8H17NO3. The Morgan fingerprint density at radius 2 is 2.17 bits per heavy atom. The Balaban J connectivity index is 1.88. The van der Waals surface area contributed by atoms with Crippen molar-refractivity contribution in [3.8, 4) is 0 Å². The lowest BCUT2D eigenvalue weighted by molar-refractivity contribution is -0.121. The Hall–Kier alpha value is -0.160. The van der Waals surface area contributed by atoms with Crippen molar-refractivity contribution in [1.29, 1.82) is 0 Å². The molecule has 0 atom stereocenters. The minimum atomic E-state index is 0.271. The first-order valence-electron chi connectivity index (χ1n) is 4.18. The highest BCUT2D eigenvalue weighted by Crippen LogP contribution is 2.24. The van der Waals surface area contributed by atoms with Crippen LogP contribution in [0.4, 0.5) is 0 Å². The van der Waals surface area contributed by atoms with Crippen molar-refractivity contribution in [2.75, 3.05) is 40.1 Å². The van der Waals surface area contributed by atoms with Gasteiger partial charge in [-0.2, -0.15) is 0 Å². The van der Waals surface area contributed by atoms with Gasteiger partial charge in [-0.25, -0.2) is 5.48 Å². The van der Waals surface area contributed by atoms with Crippen LogP contribution in [0.3, 0.4) is 0 Å². The van der Waals surface area contributed by atoms with Gasteiger partial charge in [0, 0.05) is 19.1 Å². The van der Waals surface area contributed by atoms with Crippen LogP contribution in [0.2, 0.25) is 0 Å². The molecule has 1 N–H and O–H groups in total. The van der Waals surface area contributed by atoms with Crippen LogP contribution in [0, 0.1) is 5.41 Å². The smallest absolute Gasteiger partial charge is 0.0915 e. The first kappa shape index (κ1) is 9.92. The van der Waals surface area contributed by atoms with E-state index in [4.69, 9.17) is 14.3 Å². The predicted molar refractivity (Wildman–Crippen MR) is 44.8 cm³/mol. The van der Waals surface area contributed by atoms with E-state index in [0.29, 0.717) is 13.2 Å². The van der Waals surface area contributed by atoms with Gasteiger partial charge in [-0.1, -0.05) is 6.92 Å². The second-order valence-corrected chi connectivity index (χ2v) is 3.47. The first-order valence-corrected chi connectivity index (χ1v) is 4.18. The summed E-state index contributed by atoms with van der Waals surface area (Å²) in [6.07, 6.45) is 0. The number of rotatable bonds is 6. The third kappa shape index (κ3) is 3.06. The van der Waals surface area contributed by atoms with E-state index in [1.54, 1.807) is 7.11 Å². The van der Waals surface area contributed by atoms with E-state index in [9.17, 15) is 0 Å². The number of methoxy groups -OCH3 is 1. The number of hydroxylamine groups is 1. The van der Waals surface area contributed by atoms with Crippen LogP contribution < -0.4 is 5.48 Å². The molecule has 0 radical (unpaired) electrons. The summed E-state index contributed by atoms with van der Waals surface area (Å²) < 4.78 is 9.92. The fourth-order valence-corrected chi connectivity index (χ4v) is 0.975. The van der Waals surface area contributed by atoms with E-state index in [1.807, 2.05) is 0 Å². The lowest BCUT2D eigenvalue weighted by atomic mass is 9.89. The topological polar surface area (TPSA) is 39.7 Å². The summed E-state index contributed by atoms with van der Waals surface area (Å²) in [4.78, 5) is 5.12. The van der Waals surface area contributed by atoms with E-state index in [0.717, 1.165) is 19.8 Å². The Bertz CT molecular complexity index is 125. The van der Waals surface area contributed by atoms with Crippen LogP contribution in [0.5, 0.6) is 0 Å². The molecule has 1 fully saturated rings. The molecule has 0 aromatic rings. The molecule has 12 heavy (non-hydrogen) atoms. The van der Waals surface area contributed by atoms with Crippen molar-refractivity contribution >= 4 is 0 Å². The molecule has 1 rings (SSSR count). The molecule has 1 aliphatic heterocycles. The van der Waals surface area contributed by atoms with Crippen LogP contribution in [0.25, 0.3) is 0 Å². The molecule has 0 saturated carbocycles. The van der Waals surface area contributed by atoms with E-state index >= 15 is 0 Å². The minimum Gasteiger partial charge on any atom is -0.382 e. The highest BCUT2D eigenvalue weighted by molar-refractivity contribution is 4.81. The number of nitrogens with one attached hydrogen (secondary N) is 1. The quantitative estimate of drug-likeness (QED) is 0.462. The molecule has 0 aromatic heterocycles. The summed E-state index contributed by atoms with van der Waals surface area (Å²) in [5.41, 5.74) is 3.17. The molecule has 4 nitrogen and oxygen atoms in total. The molecule has 1 saturated heterocycles. The van der Waals surface area contributed by atoms with Gasteiger partial charge in [-0.15, -0.1) is 0 Å². The second kappa shape index (κ2) is 4.77. The summed E-state index contributed by atoms with van der Waals surface area (Å²) >= 11 is 0. The maximum atomic E-state index is 5.12. The highest BCUT2D eigenvalue weighted by Gasteiger charge is 2.32. The summed E-state index contributed by atoms with van der Waals surface area (Å²) in [5, 5.41) is 0. The Labute approximate surface area is 73.1 Å². The van der Waals surface area contributed by atoms with E-state index in [-0.39, 0.29) is 5.41 Å². The zero-order chi connectivity index (χ0) is 8.86. The minimum absolute atomic E-state index is 0.271. The molecule has 0 amide bonds. The Morgan fingerprint density at radius 1 is 1.42 bits per heavy atom. The summed E-state index contributed by atoms with van der Waals surface area (Å²) in [7, 11) is 1.66. The molecule has 4 heteroatoms. The van der Waals surface area contributed by atoms with Crippen molar-refractivity contribution in [2.24, 2.45) is 5.41 Å².